The summed E-state index contributed by atoms with van der Waals surface area (Å²) in [5.74, 6) is -0.279. The summed E-state index contributed by atoms with van der Waals surface area (Å²) >= 11 is 0. The molecule has 6 rings (SSSR count). The number of nitrogens with zero attached hydrogens (tertiary/aromatic N) is 7. The van der Waals surface area contributed by atoms with Gasteiger partial charge in [0.1, 0.15) is 17.3 Å². The second-order valence-electron chi connectivity index (χ2n) is 10.1. The van der Waals surface area contributed by atoms with Gasteiger partial charge >= 0.3 is 0 Å². The van der Waals surface area contributed by atoms with E-state index in [1.165, 1.54) is 16.3 Å². The van der Waals surface area contributed by atoms with E-state index in [-0.39, 0.29) is 11.9 Å². The predicted molar refractivity (Wildman–Crippen MR) is 138 cm³/mol. The zero-order valence-electron chi connectivity index (χ0n) is 20.8. The average Bonchev–Trinajstić information content (AvgIpc) is 3.48. The van der Waals surface area contributed by atoms with E-state index in [0.717, 1.165) is 54.6 Å². The number of aromatic nitrogens is 4. The molecule has 1 amide bonds. The number of amides is 1. The summed E-state index contributed by atoms with van der Waals surface area (Å²) in [6, 6.07) is 12.3. The highest BCUT2D eigenvalue weighted by molar-refractivity contribution is 5.84. The summed E-state index contributed by atoms with van der Waals surface area (Å²) in [4.78, 5) is 15.6. The Morgan fingerprint density at radius 1 is 1.24 bits per heavy atom. The lowest BCUT2D eigenvalue weighted by Crippen LogP contribution is -2.39. The number of hydrogen-bond acceptors (Lipinski definition) is 6. The molecule has 10 heteroatoms. The quantitative estimate of drug-likeness (QED) is 0.450. The van der Waals surface area contributed by atoms with E-state index in [2.05, 4.69) is 50.8 Å². The summed E-state index contributed by atoms with van der Waals surface area (Å²) < 4.78 is 18.3. The van der Waals surface area contributed by atoms with Crippen molar-refractivity contribution < 1.29 is 9.18 Å². The zero-order chi connectivity index (χ0) is 25.7. The molecule has 1 saturated heterocycles. The summed E-state index contributed by atoms with van der Waals surface area (Å²) in [5, 5.41) is 19.7. The molecular formula is C27H29FN8O. The summed E-state index contributed by atoms with van der Waals surface area (Å²) in [6.45, 7) is 5.47. The summed E-state index contributed by atoms with van der Waals surface area (Å²) in [7, 11) is 0. The predicted octanol–water partition coefficient (Wildman–Crippen LogP) is 3.33. The summed E-state index contributed by atoms with van der Waals surface area (Å²) in [6.07, 6.45) is 4.03. The molecule has 190 valence electrons. The monoisotopic (exact) mass is 500 g/mol. The number of benzene rings is 1. The van der Waals surface area contributed by atoms with E-state index >= 15 is 0 Å². The van der Waals surface area contributed by atoms with Gasteiger partial charge in [-0.15, -0.1) is 0 Å². The Bertz CT molecular complexity index is 1540. The normalized spacial score (nSPS) is 18.8. The van der Waals surface area contributed by atoms with Crippen molar-refractivity contribution in [2.45, 2.75) is 44.7 Å². The number of fused-ring (bicyclic) bond motifs is 4. The van der Waals surface area contributed by atoms with Gasteiger partial charge in [0.2, 0.25) is 5.91 Å². The molecule has 2 aliphatic heterocycles. The van der Waals surface area contributed by atoms with Gasteiger partial charge in [-0.25, -0.2) is 8.91 Å². The molecule has 2 aliphatic rings. The van der Waals surface area contributed by atoms with Crippen molar-refractivity contribution in [3.05, 3.63) is 59.3 Å². The van der Waals surface area contributed by atoms with Crippen LogP contribution < -0.4 is 10.6 Å². The molecule has 2 N–H and O–H groups in total. The van der Waals surface area contributed by atoms with Gasteiger partial charge in [0.05, 0.1) is 42.2 Å². The van der Waals surface area contributed by atoms with E-state index in [4.69, 9.17) is 10.8 Å². The van der Waals surface area contributed by atoms with Crippen LogP contribution in [0.15, 0.2) is 36.5 Å². The van der Waals surface area contributed by atoms with Crippen molar-refractivity contribution in [2.24, 2.45) is 5.73 Å². The van der Waals surface area contributed by atoms with E-state index in [9.17, 15) is 14.4 Å². The number of hydrogen-bond donors (Lipinski definition) is 1. The fourth-order valence-electron chi connectivity index (χ4n) is 5.99. The number of halogens is 1. The van der Waals surface area contributed by atoms with Crippen LogP contribution in [0.5, 0.6) is 0 Å². The molecule has 37 heavy (non-hydrogen) atoms. The van der Waals surface area contributed by atoms with Crippen molar-refractivity contribution in [1.29, 1.82) is 5.26 Å². The molecule has 5 heterocycles. The Kier molecular flexibility index (Phi) is 5.80. The van der Waals surface area contributed by atoms with Gasteiger partial charge in [0.25, 0.3) is 0 Å². The fourth-order valence-corrected chi connectivity index (χ4v) is 5.99. The minimum absolute atomic E-state index is 0.137. The van der Waals surface area contributed by atoms with E-state index < -0.39 is 5.82 Å². The third kappa shape index (κ3) is 4.00. The number of primary amides is 1. The van der Waals surface area contributed by atoms with Crippen LogP contribution in [0, 0.1) is 17.1 Å². The molecule has 4 aromatic rings. The van der Waals surface area contributed by atoms with E-state index in [1.807, 2.05) is 6.07 Å². The maximum absolute atomic E-state index is 14.8. The summed E-state index contributed by atoms with van der Waals surface area (Å²) in [5.41, 5.74) is 10.1. The van der Waals surface area contributed by atoms with Gasteiger partial charge in [0.15, 0.2) is 5.82 Å². The number of nitrogens with two attached hydrogens (primary N) is 1. The number of carbonyl (C=O) groups is 1. The maximum Gasteiger partial charge on any atom is 0.231 e. The topological polar surface area (TPSA) is 108 Å². The molecule has 0 saturated carbocycles. The first-order chi connectivity index (χ1) is 18.0. The number of likely N-dealkylation sites (tertiary alicyclic amines) is 1. The van der Waals surface area contributed by atoms with Crippen LogP contribution in [0.4, 0.5) is 10.1 Å². The molecule has 9 nitrogen and oxygen atoms in total. The van der Waals surface area contributed by atoms with Crippen molar-refractivity contribution >= 4 is 28.0 Å². The van der Waals surface area contributed by atoms with Gasteiger partial charge in [-0.05, 0) is 62.0 Å². The minimum atomic E-state index is -0.435. The standard InChI is InChI=1S/C27H29FN8O/c1-2-19-14-34(24-6-4-20(12-29)36-27(24)22(28)13-31-36)15-25-21-5-3-18(11-23(21)32-35(19)25)17-7-9-33(10-8-17)16-26(30)37/h3-6,11,13,17,19H,2,7-10,14-16H2,1H3,(H2,30,37)/t19-/m1/s1. The second kappa shape index (κ2) is 9.16. The number of pyridine rings is 1. The Morgan fingerprint density at radius 2 is 2.05 bits per heavy atom. The lowest BCUT2D eigenvalue weighted by Gasteiger charge is -2.35. The largest absolute Gasteiger partial charge is 0.369 e. The van der Waals surface area contributed by atoms with Crippen LogP contribution in [0.3, 0.4) is 0 Å². The maximum atomic E-state index is 14.8. The van der Waals surface area contributed by atoms with Crippen molar-refractivity contribution in [1.82, 2.24) is 24.3 Å². The molecule has 0 unspecified atom stereocenters. The number of anilines is 1. The van der Waals surface area contributed by atoms with Crippen LogP contribution >= 0.6 is 0 Å². The van der Waals surface area contributed by atoms with Crippen molar-refractivity contribution in [2.75, 3.05) is 31.1 Å². The first kappa shape index (κ1) is 23.4. The number of nitriles is 1. The fraction of sp³-hybridized carbons (Fsp3) is 0.407. The molecule has 1 atom stereocenters. The van der Waals surface area contributed by atoms with Gasteiger partial charge < -0.3 is 10.6 Å². The van der Waals surface area contributed by atoms with Crippen LogP contribution in [0.1, 0.15) is 55.1 Å². The number of carbonyl (C=O) groups excluding carboxylic acids is 1. The van der Waals surface area contributed by atoms with Crippen LogP contribution in [0.2, 0.25) is 0 Å². The Morgan fingerprint density at radius 3 is 2.78 bits per heavy atom. The van der Waals surface area contributed by atoms with Gasteiger partial charge in [-0.1, -0.05) is 19.1 Å². The minimum Gasteiger partial charge on any atom is -0.369 e. The van der Waals surface area contributed by atoms with Gasteiger partial charge in [0, 0.05) is 11.9 Å². The van der Waals surface area contributed by atoms with Gasteiger partial charge in [-0.3, -0.25) is 14.4 Å². The Balaban J connectivity index is 1.32. The van der Waals surface area contributed by atoms with E-state index in [1.54, 1.807) is 6.07 Å². The van der Waals surface area contributed by atoms with Crippen LogP contribution in [-0.4, -0.2) is 56.4 Å². The zero-order valence-corrected chi connectivity index (χ0v) is 20.8. The third-order valence-electron chi connectivity index (χ3n) is 7.90. The third-order valence-corrected chi connectivity index (χ3v) is 7.90. The highest BCUT2D eigenvalue weighted by Gasteiger charge is 2.30. The Hall–Kier alpha value is -3.97. The SMILES string of the molecule is CC[C@@H]1CN(c2ccc(C#N)n3ncc(F)c23)Cc2c3ccc(C4CCN(CC(N)=O)CC4)cc3nn21. The second-order valence-corrected chi connectivity index (χ2v) is 10.1. The molecule has 0 spiro atoms. The first-order valence-corrected chi connectivity index (χ1v) is 12.8. The molecule has 1 aromatic carbocycles. The molecule has 0 bridgehead atoms. The average molecular weight is 501 g/mol. The van der Waals surface area contributed by atoms with Crippen LogP contribution in [-0.2, 0) is 11.3 Å². The van der Waals surface area contributed by atoms with Crippen molar-refractivity contribution in [3.63, 3.8) is 0 Å². The van der Waals surface area contributed by atoms with Crippen molar-refractivity contribution in [3.8, 4) is 6.07 Å². The lowest BCUT2D eigenvalue weighted by atomic mass is 9.89. The highest BCUT2D eigenvalue weighted by atomic mass is 19.1. The molecule has 0 radical (unpaired) electrons. The molecule has 0 aliphatic carbocycles. The number of piperidine rings is 1. The van der Waals surface area contributed by atoms with Crippen LogP contribution in [0.25, 0.3) is 16.4 Å². The first-order valence-electron chi connectivity index (χ1n) is 12.8. The molecule has 1 fully saturated rings. The number of rotatable bonds is 5. The van der Waals surface area contributed by atoms with Gasteiger partial charge in [-0.2, -0.15) is 15.5 Å². The molecular weight excluding hydrogens is 471 g/mol. The Labute approximate surface area is 213 Å². The highest BCUT2D eigenvalue weighted by Crippen LogP contribution is 2.36. The smallest absolute Gasteiger partial charge is 0.231 e. The lowest BCUT2D eigenvalue weighted by molar-refractivity contribution is -0.119. The molecule has 3 aromatic heterocycles. The van der Waals surface area contributed by atoms with E-state index in [0.29, 0.717) is 36.8 Å².